The quantitative estimate of drug-likeness (QED) is 0.798. The molecule has 0 heterocycles. The summed E-state index contributed by atoms with van der Waals surface area (Å²) in [6.07, 6.45) is 0. The van der Waals surface area contributed by atoms with Gasteiger partial charge in [0.05, 0.1) is 7.11 Å². The topological polar surface area (TPSA) is 41.6 Å². The summed E-state index contributed by atoms with van der Waals surface area (Å²) in [6, 6.07) is 8.01. The SMILES string of the molecule is COC(=O)[C@@H](NCc1ccc(N(C)C)cc1)C(C)C. The summed E-state index contributed by atoms with van der Waals surface area (Å²) < 4.78 is 4.80. The van der Waals surface area contributed by atoms with Crippen LogP contribution in [0.5, 0.6) is 0 Å². The van der Waals surface area contributed by atoms with Crippen LogP contribution in [0.2, 0.25) is 0 Å². The third-order valence-corrected chi connectivity index (χ3v) is 3.10. The van der Waals surface area contributed by atoms with E-state index in [-0.39, 0.29) is 17.9 Å². The molecule has 19 heavy (non-hydrogen) atoms. The van der Waals surface area contributed by atoms with Gasteiger partial charge in [-0.25, -0.2) is 0 Å². The molecule has 0 saturated carbocycles. The van der Waals surface area contributed by atoms with Crippen molar-refractivity contribution in [1.82, 2.24) is 5.32 Å². The van der Waals surface area contributed by atoms with E-state index in [9.17, 15) is 4.79 Å². The summed E-state index contributed by atoms with van der Waals surface area (Å²) in [5.41, 5.74) is 2.32. The molecule has 0 aliphatic heterocycles. The molecule has 0 radical (unpaired) electrons. The highest BCUT2D eigenvalue weighted by Crippen LogP contribution is 2.13. The van der Waals surface area contributed by atoms with E-state index < -0.39 is 0 Å². The number of rotatable bonds is 6. The summed E-state index contributed by atoms with van der Waals surface area (Å²) in [6.45, 7) is 4.67. The Morgan fingerprint density at radius 2 is 1.84 bits per heavy atom. The van der Waals surface area contributed by atoms with E-state index in [1.165, 1.54) is 7.11 Å². The number of esters is 1. The first-order valence-corrected chi connectivity index (χ1v) is 6.53. The average Bonchev–Trinajstić information content (AvgIpc) is 2.38. The standard InChI is InChI=1S/C15H24N2O2/c1-11(2)14(15(18)19-5)16-10-12-6-8-13(9-7-12)17(3)4/h6-9,11,14,16H,10H2,1-5H3/t14-/m0/s1. The molecule has 0 amide bonds. The molecule has 0 aromatic heterocycles. The molecule has 1 rings (SSSR count). The lowest BCUT2D eigenvalue weighted by atomic mass is 10.0. The van der Waals surface area contributed by atoms with Crippen molar-refractivity contribution in [3.8, 4) is 0 Å². The van der Waals surface area contributed by atoms with Crippen LogP contribution in [0, 0.1) is 5.92 Å². The van der Waals surface area contributed by atoms with Crippen molar-refractivity contribution in [3.63, 3.8) is 0 Å². The van der Waals surface area contributed by atoms with Crippen LogP contribution in [0.4, 0.5) is 5.69 Å². The Bertz CT molecular complexity index is 399. The lowest BCUT2D eigenvalue weighted by molar-refractivity contribution is -0.144. The Hall–Kier alpha value is -1.55. The molecule has 0 aliphatic carbocycles. The van der Waals surface area contributed by atoms with Gasteiger partial charge in [0.1, 0.15) is 6.04 Å². The fourth-order valence-electron chi connectivity index (χ4n) is 1.86. The van der Waals surface area contributed by atoms with E-state index in [1.54, 1.807) is 0 Å². The number of nitrogens with zero attached hydrogens (tertiary/aromatic N) is 1. The van der Waals surface area contributed by atoms with Crippen LogP contribution in [0.25, 0.3) is 0 Å². The second-order valence-corrected chi connectivity index (χ2v) is 5.19. The second-order valence-electron chi connectivity index (χ2n) is 5.19. The normalized spacial score (nSPS) is 12.3. The van der Waals surface area contributed by atoms with Gasteiger partial charge in [0.25, 0.3) is 0 Å². The Morgan fingerprint density at radius 1 is 1.26 bits per heavy atom. The van der Waals surface area contributed by atoms with Crippen molar-refractivity contribution in [2.24, 2.45) is 5.92 Å². The Kier molecular flexibility index (Phi) is 5.83. The molecule has 4 heteroatoms. The van der Waals surface area contributed by atoms with Crippen LogP contribution in [-0.4, -0.2) is 33.2 Å². The predicted molar refractivity (Wildman–Crippen MR) is 78.3 cm³/mol. The Labute approximate surface area is 115 Å². The number of hydrogen-bond acceptors (Lipinski definition) is 4. The molecule has 0 aliphatic rings. The molecule has 0 saturated heterocycles. The first-order chi connectivity index (χ1) is 8.95. The van der Waals surface area contributed by atoms with Gasteiger partial charge in [-0.2, -0.15) is 0 Å². The minimum atomic E-state index is -0.265. The maximum atomic E-state index is 11.6. The van der Waals surface area contributed by atoms with Crippen molar-refractivity contribution in [2.45, 2.75) is 26.4 Å². The zero-order valence-corrected chi connectivity index (χ0v) is 12.4. The summed E-state index contributed by atoms with van der Waals surface area (Å²) in [4.78, 5) is 13.7. The smallest absolute Gasteiger partial charge is 0.323 e. The highest BCUT2D eigenvalue weighted by molar-refractivity contribution is 5.75. The van der Waals surface area contributed by atoms with Crippen molar-refractivity contribution < 1.29 is 9.53 Å². The highest BCUT2D eigenvalue weighted by atomic mass is 16.5. The molecule has 0 bridgehead atoms. The molecule has 1 aromatic rings. The Morgan fingerprint density at radius 3 is 2.26 bits per heavy atom. The van der Waals surface area contributed by atoms with Crippen LogP contribution in [0.15, 0.2) is 24.3 Å². The van der Waals surface area contributed by atoms with Crippen LogP contribution >= 0.6 is 0 Å². The minimum Gasteiger partial charge on any atom is -0.468 e. The van der Waals surface area contributed by atoms with Gasteiger partial charge in [-0.1, -0.05) is 26.0 Å². The van der Waals surface area contributed by atoms with E-state index in [0.29, 0.717) is 6.54 Å². The Balaban J connectivity index is 2.61. The number of nitrogens with one attached hydrogen (secondary N) is 1. The molecule has 4 nitrogen and oxygen atoms in total. The number of benzene rings is 1. The fourth-order valence-corrected chi connectivity index (χ4v) is 1.86. The molecule has 0 fully saturated rings. The molecular weight excluding hydrogens is 240 g/mol. The summed E-state index contributed by atoms with van der Waals surface area (Å²) in [7, 11) is 5.45. The van der Waals surface area contributed by atoms with Gasteiger partial charge in [0.2, 0.25) is 0 Å². The monoisotopic (exact) mass is 264 g/mol. The number of methoxy groups -OCH3 is 1. The number of ether oxygens (including phenoxy) is 1. The third-order valence-electron chi connectivity index (χ3n) is 3.10. The van der Waals surface area contributed by atoms with E-state index >= 15 is 0 Å². The van der Waals surface area contributed by atoms with Crippen molar-refractivity contribution in [1.29, 1.82) is 0 Å². The molecule has 1 atom stereocenters. The first-order valence-electron chi connectivity index (χ1n) is 6.53. The molecular formula is C15H24N2O2. The summed E-state index contributed by atoms with van der Waals surface area (Å²) in [5, 5.41) is 3.25. The van der Waals surface area contributed by atoms with Crippen molar-refractivity contribution in [3.05, 3.63) is 29.8 Å². The average molecular weight is 264 g/mol. The lowest BCUT2D eigenvalue weighted by Crippen LogP contribution is -2.41. The molecule has 0 spiro atoms. The molecule has 1 N–H and O–H groups in total. The zero-order valence-electron chi connectivity index (χ0n) is 12.4. The van der Waals surface area contributed by atoms with Gasteiger partial charge in [-0.05, 0) is 23.6 Å². The maximum absolute atomic E-state index is 11.6. The molecule has 106 valence electrons. The highest BCUT2D eigenvalue weighted by Gasteiger charge is 2.21. The predicted octanol–water partition coefficient (Wildman–Crippen LogP) is 2.04. The minimum absolute atomic E-state index is 0.202. The van der Waals surface area contributed by atoms with Crippen LogP contribution in [-0.2, 0) is 16.1 Å². The van der Waals surface area contributed by atoms with E-state index in [1.807, 2.05) is 27.9 Å². The lowest BCUT2D eigenvalue weighted by Gasteiger charge is -2.20. The largest absolute Gasteiger partial charge is 0.468 e. The first kappa shape index (κ1) is 15.5. The maximum Gasteiger partial charge on any atom is 0.323 e. The molecule has 0 unspecified atom stereocenters. The van der Waals surface area contributed by atoms with Crippen LogP contribution < -0.4 is 10.2 Å². The van der Waals surface area contributed by atoms with Gasteiger partial charge < -0.3 is 15.0 Å². The number of anilines is 1. The van der Waals surface area contributed by atoms with Gasteiger partial charge in [0, 0.05) is 26.3 Å². The van der Waals surface area contributed by atoms with E-state index in [2.05, 4.69) is 34.5 Å². The second kappa shape index (κ2) is 7.14. The zero-order chi connectivity index (χ0) is 14.4. The third kappa shape index (κ3) is 4.56. The van der Waals surface area contributed by atoms with Crippen LogP contribution in [0.3, 0.4) is 0 Å². The number of carbonyl (C=O) groups is 1. The van der Waals surface area contributed by atoms with Gasteiger partial charge in [-0.3, -0.25) is 4.79 Å². The van der Waals surface area contributed by atoms with Crippen molar-refractivity contribution >= 4 is 11.7 Å². The number of carbonyl (C=O) groups excluding carboxylic acids is 1. The van der Waals surface area contributed by atoms with E-state index in [4.69, 9.17) is 4.74 Å². The van der Waals surface area contributed by atoms with Gasteiger partial charge in [-0.15, -0.1) is 0 Å². The van der Waals surface area contributed by atoms with Gasteiger partial charge in [0.15, 0.2) is 0 Å². The summed E-state index contributed by atoms with van der Waals surface area (Å²) in [5.74, 6) is -0.00610. The fraction of sp³-hybridized carbons (Fsp3) is 0.533. The van der Waals surface area contributed by atoms with Gasteiger partial charge >= 0.3 is 5.97 Å². The molecule has 1 aromatic carbocycles. The van der Waals surface area contributed by atoms with E-state index in [0.717, 1.165) is 11.3 Å². The van der Waals surface area contributed by atoms with Crippen LogP contribution in [0.1, 0.15) is 19.4 Å². The number of hydrogen-bond donors (Lipinski definition) is 1. The van der Waals surface area contributed by atoms with Crippen molar-refractivity contribution in [2.75, 3.05) is 26.1 Å². The summed E-state index contributed by atoms with van der Waals surface area (Å²) >= 11 is 0.